The summed E-state index contributed by atoms with van der Waals surface area (Å²) in [4.78, 5) is 4.09. The van der Waals surface area contributed by atoms with E-state index in [0.29, 0.717) is 23.0 Å². The number of guanidine groups is 1. The molecule has 0 bridgehead atoms. The number of aliphatic imine (C=N–C) groups is 1. The van der Waals surface area contributed by atoms with Crippen molar-refractivity contribution in [1.29, 1.82) is 0 Å². The number of rotatable bonds is 4. The van der Waals surface area contributed by atoms with Gasteiger partial charge in [0.05, 0.1) is 26.3 Å². The number of hydrogen-bond donors (Lipinski definition) is 2. The van der Waals surface area contributed by atoms with Crippen LogP contribution in [0.2, 0.25) is 0 Å². The number of ether oxygens (including phenoxy) is 2. The summed E-state index contributed by atoms with van der Waals surface area (Å²) in [5.41, 5.74) is 0.537. The van der Waals surface area contributed by atoms with Gasteiger partial charge in [0.15, 0.2) is 17.5 Å². The first-order valence-electron chi connectivity index (χ1n) is 8.23. The van der Waals surface area contributed by atoms with Crippen molar-refractivity contribution in [3.63, 3.8) is 0 Å². The third-order valence-corrected chi connectivity index (χ3v) is 3.66. The minimum Gasteiger partial charge on any atom is -0.493 e. The Morgan fingerprint density at radius 2 is 1.69 bits per heavy atom. The monoisotopic (exact) mass is 519 g/mol. The number of halogens is 4. The highest BCUT2D eigenvalue weighted by atomic mass is 127. The van der Waals surface area contributed by atoms with Crippen LogP contribution in [0.25, 0.3) is 0 Å². The van der Waals surface area contributed by atoms with Gasteiger partial charge in [-0.2, -0.15) is 13.2 Å². The van der Waals surface area contributed by atoms with Crippen molar-refractivity contribution in [3.05, 3.63) is 53.6 Å². The normalized spacial score (nSPS) is 10.9. The third-order valence-electron chi connectivity index (χ3n) is 3.66. The van der Waals surface area contributed by atoms with Gasteiger partial charge in [0, 0.05) is 24.4 Å². The van der Waals surface area contributed by atoms with E-state index in [2.05, 4.69) is 27.5 Å². The number of methoxy groups -OCH3 is 2. The molecule has 0 saturated carbocycles. The van der Waals surface area contributed by atoms with Gasteiger partial charge in [0.1, 0.15) is 0 Å². The fraction of sp³-hybridized carbons (Fsp3) is 0.250. The molecule has 5 nitrogen and oxygen atoms in total. The zero-order valence-corrected chi connectivity index (χ0v) is 18.4. The molecule has 2 aromatic rings. The first kappa shape index (κ1) is 24.4. The number of nitrogens with one attached hydrogen (secondary N) is 2. The van der Waals surface area contributed by atoms with Crippen LogP contribution in [0.5, 0.6) is 11.5 Å². The van der Waals surface area contributed by atoms with E-state index >= 15 is 0 Å². The van der Waals surface area contributed by atoms with Crippen LogP contribution in [0.15, 0.2) is 47.5 Å². The Morgan fingerprint density at radius 1 is 1.03 bits per heavy atom. The first-order valence-corrected chi connectivity index (χ1v) is 8.23. The summed E-state index contributed by atoms with van der Waals surface area (Å²) in [5, 5.41) is 6.09. The minimum atomic E-state index is -4.35. The van der Waals surface area contributed by atoms with Crippen LogP contribution in [-0.4, -0.2) is 33.8 Å². The van der Waals surface area contributed by atoms with Crippen LogP contribution in [0.4, 0.5) is 18.9 Å². The Balaban J connectivity index is 0.00000420. The van der Waals surface area contributed by atoms with Crippen LogP contribution in [0.3, 0.4) is 0 Å². The molecule has 2 rings (SSSR count). The van der Waals surface area contributed by atoms with Crippen LogP contribution >= 0.6 is 24.0 Å². The van der Waals surface area contributed by atoms with Gasteiger partial charge in [-0.3, -0.25) is 4.99 Å². The molecule has 0 spiro atoms. The van der Waals surface area contributed by atoms with Crippen molar-refractivity contribution in [2.75, 3.05) is 33.1 Å². The van der Waals surface area contributed by atoms with Gasteiger partial charge in [0.25, 0.3) is 0 Å². The lowest BCUT2D eigenvalue weighted by atomic mass is 10.1. The van der Waals surface area contributed by atoms with E-state index in [4.69, 9.17) is 9.47 Å². The largest absolute Gasteiger partial charge is 0.493 e. The summed E-state index contributed by atoms with van der Waals surface area (Å²) in [5.74, 6) is 7.31. The molecule has 156 valence electrons. The summed E-state index contributed by atoms with van der Waals surface area (Å²) in [6.07, 6.45) is -4.35. The summed E-state index contributed by atoms with van der Waals surface area (Å²) >= 11 is 0. The van der Waals surface area contributed by atoms with Gasteiger partial charge in [-0.15, -0.1) is 24.0 Å². The number of alkyl halides is 3. The topological polar surface area (TPSA) is 54.9 Å². The van der Waals surface area contributed by atoms with Crippen LogP contribution in [0, 0.1) is 11.8 Å². The lowest BCUT2D eigenvalue weighted by molar-refractivity contribution is -0.137. The Kier molecular flexibility index (Phi) is 9.61. The maximum atomic E-state index is 12.5. The number of nitrogens with zero attached hydrogens (tertiary/aromatic N) is 1. The number of benzene rings is 2. The van der Waals surface area contributed by atoms with Crippen LogP contribution in [0.1, 0.15) is 11.1 Å². The highest BCUT2D eigenvalue weighted by molar-refractivity contribution is 14.0. The molecule has 0 fully saturated rings. The molecule has 29 heavy (non-hydrogen) atoms. The quantitative estimate of drug-likeness (QED) is 0.273. The highest BCUT2D eigenvalue weighted by Gasteiger charge is 2.29. The first-order chi connectivity index (χ1) is 13.4. The average molecular weight is 519 g/mol. The van der Waals surface area contributed by atoms with Crippen LogP contribution in [-0.2, 0) is 6.18 Å². The number of hydrogen-bond acceptors (Lipinski definition) is 3. The highest BCUT2D eigenvalue weighted by Crippen LogP contribution is 2.30. The Bertz CT molecular complexity index is 889. The standard InChI is InChI=1S/C20H20F3N3O2.HI/c1-24-19(26-16-10-11-17(27-2)18(13-16)28-3)25-12-4-5-14-6-8-15(9-7-14)20(21,22)23;/h6-11,13H,12H2,1-3H3,(H2,24,25,26);1H. The van der Waals surface area contributed by atoms with E-state index < -0.39 is 11.7 Å². The van der Waals surface area contributed by atoms with Crippen molar-refractivity contribution in [2.45, 2.75) is 6.18 Å². The van der Waals surface area contributed by atoms with Gasteiger partial charge in [-0.05, 0) is 36.4 Å². The third kappa shape index (κ3) is 7.38. The lowest BCUT2D eigenvalue weighted by Gasteiger charge is -2.13. The molecule has 0 aliphatic rings. The fourth-order valence-corrected chi connectivity index (χ4v) is 2.25. The molecule has 2 aromatic carbocycles. The van der Waals surface area contributed by atoms with E-state index in [-0.39, 0.29) is 30.5 Å². The average Bonchev–Trinajstić information content (AvgIpc) is 2.69. The molecule has 0 amide bonds. The fourth-order valence-electron chi connectivity index (χ4n) is 2.25. The second-order valence-corrected chi connectivity index (χ2v) is 5.50. The van der Waals surface area contributed by atoms with Crippen molar-refractivity contribution < 1.29 is 22.6 Å². The molecule has 2 N–H and O–H groups in total. The van der Waals surface area contributed by atoms with Crippen molar-refractivity contribution in [1.82, 2.24) is 5.32 Å². The van der Waals surface area contributed by atoms with Gasteiger partial charge in [-0.1, -0.05) is 11.8 Å². The minimum absolute atomic E-state index is 0. The Morgan fingerprint density at radius 3 is 2.24 bits per heavy atom. The van der Waals surface area contributed by atoms with E-state index in [1.165, 1.54) is 12.1 Å². The zero-order valence-electron chi connectivity index (χ0n) is 16.1. The van der Waals surface area contributed by atoms with Crippen LogP contribution < -0.4 is 20.1 Å². The SMILES string of the molecule is CN=C(NCC#Cc1ccc(C(F)(F)F)cc1)Nc1ccc(OC)c(OC)c1.I. The Labute approximate surface area is 184 Å². The molecule has 0 aliphatic heterocycles. The summed E-state index contributed by atoms with van der Waals surface area (Å²) in [6, 6.07) is 10.0. The van der Waals surface area contributed by atoms with Gasteiger partial charge >= 0.3 is 6.18 Å². The van der Waals surface area contributed by atoms with Gasteiger partial charge in [-0.25, -0.2) is 0 Å². The second kappa shape index (κ2) is 11.4. The molecule has 0 aliphatic carbocycles. The predicted octanol–water partition coefficient (Wildman–Crippen LogP) is 4.38. The van der Waals surface area contributed by atoms with E-state index in [1.54, 1.807) is 33.4 Å². The van der Waals surface area contributed by atoms with Crippen molar-refractivity contribution in [2.24, 2.45) is 4.99 Å². The predicted molar refractivity (Wildman–Crippen MR) is 118 cm³/mol. The maximum absolute atomic E-state index is 12.5. The summed E-state index contributed by atoms with van der Waals surface area (Å²) < 4.78 is 48.1. The molecule has 0 radical (unpaired) electrons. The Hall–Kier alpha value is -2.61. The number of anilines is 1. The van der Waals surface area contributed by atoms with Crippen molar-refractivity contribution >= 4 is 35.6 Å². The zero-order chi connectivity index (χ0) is 20.6. The molecule has 0 saturated heterocycles. The molecule has 0 heterocycles. The van der Waals surface area contributed by atoms with Gasteiger partial charge in [0.2, 0.25) is 0 Å². The molecule has 0 unspecified atom stereocenters. The summed E-state index contributed by atoms with van der Waals surface area (Å²) in [7, 11) is 4.71. The molecular weight excluding hydrogens is 498 g/mol. The molecular formula is C20H21F3IN3O2. The van der Waals surface area contributed by atoms with E-state index in [9.17, 15) is 13.2 Å². The van der Waals surface area contributed by atoms with E-state index in [0.717, 1.165) is 17.8 Å². The molecule has 0 aromatic heterocycles. The van der Waals surface area contributed by atoms with Gasteiger partial charge < -0.3 is 20.1 Å². The smallest absolute Gasteiger partial charge is 0.416 e. The molecule has 9 heteroatoms. The van der Waals surface area contributed by atoms with E-state index in [1.807, 2.05) is 6.07 Å². The lowest BCUT2D eigenvalue weighted by Crippen LogP contribution is -2.30. The van der Waals surface area contributed by atoms with Crippen molar-refractivity contribution in [3.8, 4) is 23.3 Å². The second-order valence-electron chi connectivity index (χ2n) is 5.50. The molecule has 0 atom stereocenters. The maximum Gasteiger partial charge on any atom is 0.416 e. The summed E-state index contributed by atoms with van der Waals surface area (Å²) in [6.45, 7) is 0.258.